The summed E-state index contributed by atoms with van der Waals surface area (Å²) >= 11 is 0. The largest absolute Gasteiger partial charge is 0.476 e. The van der Waals surface area contributed by atoms with Crippen molar-refractivity contribution in [3.8, 4) is 5.88 Å². The van der Waals surface area contributed by atoms with Gasteiger partial charge in [0.05, 0.1) is 23.8 Å². The fraction of sp³-hybridized carbons (Fsp3) is 0.583. The fourth-order valence-electron chi connectivity index (χ4n) is 2.01. The molecule has 0 aliphatic carbocycles. The molecule has 0 bridgehead atoms. The lowest BCUT2D eigenvalue weighted by Gasteiger charge is -2.24. The van der Waals surface area contributed by atoms with Gasteiger partial charge in [-0.25, -0.2) is 13.4 Å². The van der Waals surface area contributed by atoms with Gasteiger partial charge < -0.3 is 10.1 Å². The van der Waals surface area contributed by atoms with Crippen LogP contribution in [0.5, 0.6) is 5.88 Å². The van der Waals surface area contributed by atoms with E-state index in [0.717, 1.165) is 5.69 Å². The van der Waals surface area contributed by atoms with Gasteiger partial charge in [-0.05, 0) is 31.9 Å². The Labute approximate surface area is 107 Å². The molecule has 18 heavy (non-hydrogen) atoms. The molecule has 0 spiro atoms. The SMILES string of the molecule is CCOc1ncccc1NC1CCS(=O)(=O)CC1. The maximum absolute atomic E-state index is 11.4. The van der Waals surface area contributed by atoms with Gasteiger partial charge in [0.2, 0.25) is 5.88 Å². The number of sulfone groups is 1. The molecular weight excluding hydrogens is 252 g/mol. The van der Waals surface area contributed by atoms with E-state index in [-0.39, 0.29) is 17.5 Å². The molecule has 0 unspecified atom stereocenters. The van der Waals surface area contributed by atoms with Gasteiger partial charge in [-0.2, -0.15) is 0 Å². The molecule has 2 heterocycles. The summed E-state index contributed by atoms with van der Waals surface area (Å²) in [7, 11) is -2.82. The van der Waals surface area contributed by atoms with Crippen LogP contribution in [0.2, 0.25) is 0 Å². The topological polar surface area (TPSA) is 68.3 Å². The van der Waals surface area contributed by atoms with Crippen molar-refractivity contribution < 1.29 is 13.2 Å². The van der Waals surface area contributed by atoms with E-state index in [2.05, 4.69) is 10.3 Å². The third-order valence-corrected chi connectivity index (χ3v) is 4.68. The molecule has 1 aliphatic heterocycles. The summed E-state index contributed by atoms with van der Waals surface area (Å²) in [6.07, 6.45) is 2.97. The van der Waals surface area contributed by atoms with E-state index in [9.17, 15) is 8.42 Å². The van der Waals surface area contributed by atoms with Gasteiger partial charge in [0.1, 0.15) is 9.84 Å². The average molecular weight is 270 g/mol. The van der Waals surface area contributed by atoms with Gasteiger partial charge in [-0.3, -0.25) is 0 Å². The third kappa shape index (κ3) is 3.35. The quantitative estimate of drug-likeness (QED) is 0.897. The Balaban J connectivity index is 2.02. The molecule has 1 fully saturated rings. The van der Waals surface area contributed by atoms with E-state index in [1.54, 1.807) is 6.20 Å². The average Bonchev–Trinajstić information content (AvgIpc) is 2.35. The zero-order valence-corrected chi connectivity index (χ0v) is 11.2. The summed E-state index contributed by atoms with van der Waals surface area (Å²) in [5, 5.41) is 3.32. The van der Waals surface area contributed by atoms with Crippen LogP contribution in [-0.4, -0.2) is 37.6 Å². The van der Waals surface area contributed by atoms with Crippen molar-refractivity contribution in [1.29, 1.82) is 0 Å². The van der Waals surface area contributed by atoms with Crippen molar-refractivity contribution in [2.75, 3.05) is 23.4 Å². The highest BCUT2D eigenvalue weighted by atomic mass is 32.2. The number of rotatable bonds is 4. The van der Waals surface area contributed by atoms with E-state index in [1.165, 1.54) is 0 Å². The van der Waals surface area contributed by atoms with Crippen molar-refractivity contribution in [3.63, 3.8) is 0 Å². The molecule has 0 atom stereocenters. The minimum absolute atomic E-state index is 0.178. The summed E-state index contributed by atoms with van der Waals surface area (Å²) in [5.41, 5.74) is 0.837. The van der Waals surface area contributed by atoms with Crippen molar-refractivity contribution in [2.24, 2.45) is 0 Å². The molecule has 0 amide bonds. The third-order valence-electron chi connectivity index (χ3n) is 2.97. The number of nitrogens with zero attached hydrogens (tertiary/aromatic N) is 1. The first kappa shape index (κ1) is 13.1. The number of pyridine rings is 1. The van der Waals surface area contributed by atoms with Crippen LogP contribution in [-0.2, 0) is 9.84 Å². The first-order valence-corrected chi connectivity index (χ1v) is 7.97. The second kappa shape index (κ2) is 5.56. The van der Waals surface area contributed by atoms with E-state index in [0.29, 0.717) is 25.3 Å². The predicted molar refractivity (Wildman–Crippen MR) is 70.7 cm³/mol. The van der Waals surface area contributed by atoms with E-state index >= 15 is 0 Å². The predicted octanol–water partition coefficient (Wildman–Crippen LogP) is 1.47. The molecule has 1 aromatic heterocycles. The van der Waals surface area contributed by atoms with Crippen molar-refractivity contribution in [2.45, 2.75) is 25.8 Å². The van der Waals surface area contributed by atoms with Gasteiger partial charge in [-0.1, -0.05) is 0 Å². The highest BCUT2D eigenvalue weighted by Crippen LogP contribution is 2.24. The van der Waals surface area contributed by atoms with Crippen LogP contribution in [0.15, 0.2) is 18.3 Å². The molecule has 0 radical (unpaired) electrons. The van der Waals surface area contributed by atoms with Crippen molar-refractivity contribution in [1.82, 2.24) is 4.98 Å². The first-order valence-electron chi connectivity index (χ1n) is 6.15. The van der Waals surface area contributed by atoms with Gasteiger partial charge >= 0.3 is 0 Å². The maximum Gasteiger partial charge on any atom is 0.237 e. The number of ether oxygens (including phenoxy) is 1. The zero-order valence-electron chi connectivity index (χ0n) is 10.4. The number of hydrogen-bond acceptors (Lipinski definition) is 5. The van der Waals surface area contributed by atoms with E-state index in [1.807, 2.05) is 19.1 Å². The van der Waals surface area contributed by atoms with Crippen LogP contribution in [0, 0.1) is 0 Å². The molecule has 1 N–H and O–H groups in total. The molecule has 1 saturated heterocycles. The molecular formula is C12H18N2O3S. The van der Waals surface area contributed by atoms with Gasteiger partial charge in [-0.15, -0.1) is 0 Å². The molecule has 0 saturated carbocycles. The van der Waals surface area contributed by atoms with E-state index in [4.69, 9.17) is 4.74 Å². The van der Waals surface area contributed by atoms with Crippen molar-refractivity contribution in [3.05, 3.63) is 18.3 Å². The molecule has 5 nitrogen and oxygen atoms in total. The number of anilines is 1. The number of nitrogens with one attached hydrogen (secondary N) is 1. The highest BCUT2D eigenvalue weighted by molar-refractivity contribution is 7.91. The lowest BCUT2D eigenvalue weighted by molar-refractivity contribution is 0.328. The Morgan fingerprint density at radius 2 is 2.17 bits per heavy atom. The van der Waals surface area contributed by atoms with Gasteiger partial charge in [0.25, 0.3) is 0 Å². The Hall–Kier alpha value is -1.30. The summed E-state index contributed by atoms with van der Waals surface area (Å²) in [6.45, 7) is 2.47. The second-order valence-electron chi connectivity index (χ2n) is 4.36. The molecule has 100 valence electrons. The Kier molecular flexibility index (Phi) is 4.06. The van der Waals surface area contributed by atoms with Crippen molar-refractivity contribution >= 4 is 15.5 Å². The Morgan fingerprint density at radius 1 is 1.44 bits per heavy atom. The molecule has 0 aromatic carbocycles. The Morgan fingerprint density at radius 3 is 2.83 bits per heavy atom. The monoisotopic (exact) mass is 270 g/mol. The molecule has 1 aromatic rings. The summed E-state index contributed by atoms with van der Waals surface area (Å²) in [5.74, 6) is 1.09. The van der Waals surface area contributed by atoms with Gasteiger partial charge in [0.15, 0.2) is 0 Å². The second-order valence-corrected chi connectivity index (χ2v) is 6.66. The van der Waals surface area contributed by atoms with Crippen LogP contribution in [0.1, 0.15) is 19.8 Å². The highest BCUT2D eigenvalue weighted by Gasteiger charge is 2.24. The maximum atomic E-state index is 11.4. The number of hydrogen-bond donors (Lipinski definition) is 1. The zero-order chi connectivity index (χ0) is 13.0. The number of aromatic nitrogens is 1. The fourth-order valence-corrected chi connectivity index (χ4v) is 3.50. The van der Waals surface area contributed by atoms with E-state index < -0.39 is 9.84 Å². The molecule has 2 rings (SSSR count). The molecule has 1 aliphatic rings. The summed E-state index contributed by atoms with van der Waals surface area (Å²) in [4.78, 5) is 4.16. The van der Waals surface area contributed by atoms with Gasteiger partial charge in [0, 0.05) is 12.2 Å². The smallest absolute Gasteiger partial charge is 0.237 e. The van der Waals surface area contributed by atoms with Crippen LogP contribution < -0.4 is 10.1 Å². The summed E-state index contributed by atoms with van der Waals surface area (Å²) < 4.78 is 28.1. The lowest BCUT2D eigenvalue weighted by atomic mass is 10.1. The minimum Gasteiger partial charge on any atom is -0.476 e. The van der Waals surface area contributed by atoms with Crippen LogP contribution in [0.4, 0.5) is 5.69 Å². The van der Waals surface area contributed by atoms with Crippen LogP contribution in [0.25, 0.3) is 0 Å². The normalized spacial score (nSPS) is 19.4. The first-order chi connectivity index (χ1) is 8.61. The minimum atomic E-state index is -2.82. The lowest BCUT2D eigenvalue weighted by Crippen LogP contribution is -2.32. The molecule has 6 heteroatoms. The van der Waals surface area contributed by atoms with Crippen LogP contribution in [0.3, 0.4) is 0 Å². The summed E-state index contributed by atoms with van der Waals surface area (Å²) in [6, 6.07) is 3.92. The van der Waals surface area contributed by atoms with Crippen LogP contribution >= 0.6 is 0 Å². The Bertz CT molecular complexity index is 488. The standard InChI is InChI=1S/C12H18N2O3S/c1-2-17-12-11(4-3-7-13-12)14-10-5-8-18(15,16)9-6-10/h3-4,7,10,14H,2,5-6,8-9H2,1H3.